The molecule has 0 aromatic heterocycles. The highest BCUT2D eigenvalue weighted by Crippen LogP contribution is 2.50. The minimum absolute atomic E-state index is 0.172. The van der Waals surface area contributed by atoms with Crippen molar-refractivity contribution in [2.45, 2.75) is 12.1 Å². The van der Waals surface area contributed by atoms with Crippen molar-refractivity contribution in [3.8, 4) is 5.75 Å². The number of hydrogen-bond donors (Lipinski definition) is 0. The van der Waals surface area contributed by atoms with Crippen LogP contribution in [0.4, 0.5) is 21.5 Å². The van der Waals surface area contributed by atoms with Gasteiger partial charge in [-0.1, -0.05) is 22.0 Å². The second-order valence-electron chi connectivity index (χ2n) is 7.97. The number of imide groups is 1. The minimum Gasteiger partial charge on any atom is -0.496 e. The fourth-order valence-corrected chi connectivity index (χ4v) is 4.86. The van der Waals surface area contributed by atoms with Crippen LogP contribution in [-0.2, 0) is 14.4 Å². The Morgan fingerprint density at radius 1 is 1.03 bits per heavy atom. The second-order valence-corrected chi connectivity index (χ2v) is 8.89. The van der Waals surface area contributed by atoms with Gasteiger partial charge in [0.1, 0.15) is 17.5 Å². The van der Waals surface area contributed by atoms with Crippen LogP contribution in [-0.4, -0.2) is 30.0 Å². The smallest absolute Gasteiger partial charge is 0.271 e. The SMILES string of the molecule is COc1ccc(Br)cc1[C@H]1[C@H]2C(=O)N(c3ccc(F)cc3)C(=O)[C@@H]2ON1c1cccc([N+](=O)[O-])c1. The molecule has 2 aliphatic heterocycles. The predicted molar refractivity (Wildman–Crippen MR) is 126 cm³/mol. The molecule has 2 saturated heterocycles. The molecule has 0 bridgehead atoms. The molecule has 2 heterocycles. The molecule has 35 heavy (non-hydrogen) atoms. The summed E-state index contributed by atoms with van der Waals surface area (Å²) in [4.78, 5) is 44.8. The Labute approximate surface area is 206 Å². The van der Waals surface area contributed by atoms with Crippen LogP contribution >= 0.6 is 15.9 Å². The van der Waals surface area contributed by atoms with Gasteiger partial charge in [-0.15, -0.1) is 0 Å². The molecule has 11 heteroatoms. The van der Waals surface area contributed by atoms with Crippen molar-refractivity contribution < 1.29 is 28.5 Å². The van der Waals surface area contributed by atoms with E-state index in [0.29, 0.717) is 21.5 Å². The quantitative estimate of drug-likeness (QED) is 0.265. The summed E-state index contributed by atoms with van der Waals surface area (Å²) in [5, 5.41) is 12.7. The maximum absolute atomic E-state index is 13.6. The van der Waals surface area contributed by atoms with Gasteiger partial charge in [0.05, 0.1) is 29.4 Å². The lowest BCUT2D eigenvalue weighted by molar-refractivity contribution is -0.384. The average molecular weight is 542 g/mol. The summed E-state index contributed by atoms with van der Waals surface area (Å²) in [7, 11) is 1.48. The zero-order valence-corrected chi connectivity index (χ0v) is 19.7. The molecule has 3 aromatic rings. The van der Waals surface area contributed by atoms with Gasteiger partial charge in [-0.2, -0.15) is 0 Å². The van der Waals surface area contributed by atoms with Gasteiger partial charge < -0.3 is 4.74 Å². The molecular weight excluding hydrogens is 525 g/mol. The number of benzene rings is 3. The number of nitro groups is 1. The van der Waals surface area contributed by atoms with E-state index >= 15 is 0 Å². The summed E-state index contributed by atoms with van der Waals surface area (Å²) in [6, 6.07) is 15.1. The topological polar surface area (TPSA) is 102 Å². The molecule has 178 valence electrons. The average Bonchev–Trinajstić information content (AvgIpc) is 3.36. The van der Waals surface area contributed by atoms with E-state index in [2.05, 4.69) is 15.9 Å². The predicted octanol–water partition coefficient (Wildman–Crippen LogP) is 4.56. The van der Waals surface area contributed by atoms with Gasteiger partial charge in [-0.25, -0.2) is 14.4 Å². The minimum atomic E-state index is -1.19. The van der Waals surface area contributed by atoms with Gasteiger partial charge in [0.25, 0.3) is 11.6 Å². The van der Waals surface area contributed by atoms with Crippen LogP contribution in [0.2, 0.25) is 0 Å². The van der Waals surface area contributed by atoms with E-state index in [1.165, 1.54) is 42.5 Å². The third-order valence-corrected chi connectivity index (χ3v) is 6.50. The van der Waals surface area contributed by atoms with E-state index in [0.717, 1.165) is 17.0 Å². The molecule has 5 rings (SSSR count). The van der Waals surface area contributed by atoms with Gasteiger partial charge in [-0.05, 0) is 48.5 Å². The first-order chi connectivity index (χ1) is 16.8. The van der Waals surface area contributed by atoms with E-state index in [9.17, 15) is 24.1 Å². The summed E-state index contributed by atoms with van der Waals surface area (Å²) in [6.45, 7) is 0. The van der Waals surface area contributed by atoms with Crippen LogP contribution in [0.1, 0.15) is 11.6 Å². The number of ether oxygens (including phenoxy) is 1. The van der Waals surface area contributed by atoms with Crippen LogP contribution in [0, 0.1) is 21.8 Å². The number of fused-ring (bicyclic) bond motifs is 1. The number of hydrogen-bond acceptors (Lipinski definition) is 7. The lowest BCUT2D eigenvalue weighted by Gasteiger charge is -2.29. The maximum Gasteiger partial charge on any atom is 0.271 e. The van der Waals surface area contributed by atoms with Crippen LogP contribution in [0.3, 0.4) is 0 Å². The first-order valence-electron chi connectivity index (χ1n) is 10.5. The van der Waals surface area contributed by atoms with Crippen molar-refractivity contribution in [1.29, 1.82) is 0 Å². The molecule has 3 atom stereocenters. The van der Waals surface area contributed by atoms with Crippen LogP contribution in [0.25, 0.3) is 0 Å². The second kappa shape index (κ2) is 8.75. The van der Waals surface area contributed by atoms with Crippen LogP contribution in [0.5, 0.6) is 5.75 Å². The van der Waals surface area contributed by atoms with Gasteiger partial charge in [0.15, 0.2) is 6.10 Å². The number of methoxy groups -OCH3 is 1. The van der Waals surface area contributed by atoms with E-state index in [1.807, 2.05) is 0 Å². The fourth-order valence-electron chi connectivity index (χ4n) is 4.48. The number of carbonyl (C=O) groups excluding carboxylic acids is 2. The van der Waals surface area contributed by atoms with Crippen molar-refractivity contribution in [3.05, 3.63) is 92.7 Å². The number of rotatable bonds is 5. The van der Waals surface area contributed by atoms with Crippen molar-refractivity contribution in [1.82, 2.24) is 0 Å². The van der Waals surface area contributed by atoms with Crippen LogP contribution < -0.4 is 14.7 Å². The summed E-state index contributed by atoms with van der Waals surface area (Å²) < 4.78 is 19.7. The third kappa shape index (κ3) is 3.82. The summed E-state index contributed by atoms with van der Waals surface area (Å²) in [5.41, 5.74) is 0.896. The molecule has 2 amide bonds. The highest BCUT2D eigenvalue weighted by molar-refractivity contribution is 9.10. The lowest BCUT2D eigenvalue weighted by Crippen LogP contribution is -2.37. The number of hydroxylamine groups is 1. The number of halogens is 2. The Balaban J connectivity index is 1.64. The largest absolute Gasteiger partial charge is 0.496 e. The van der Waals surface area contributed by atoms with Crippen molar-refractivity contribution in [2.24, 2.45) is 5.92 Å². The molecule has 3 aromatic carbocycles. The van der Waals surface area contributed by atoms with E-state index in [4.69, 9.17) is 9.57 Å². The normalized spacial score (nSPS) is 21.4. The van der Waals surface area contributed by atoms with E-state index in [1.54, 1.807) is 24.3 Å². The first kappa shape index (κ1) is 22.9. The standard InChI is InChI=1S/C24H17BrFN3O6/c1-34-19-10-5-13(25)11-18(19)21-20-22(35-28(21)16-3-2-4-17(12-16)29(32)33)24(31)27(23(20)30)15-8-6-14(26)7-9-15/h2-12,20-22H,1H3/t20-,21+,22-/m1/s1. The maximum atomic E-state index is 13.6. The van der Waals surface area contributed by atoms with Gasteiger partial charge in [0, 0.05) is 22.2 Å². The molecule has 0 saturated carbocycles. The molecular formula is C24H17BrFN3O6. The molecule has 0 spiro atoms. The number of anilines is 2. The van der Waals surface area contributed by atoms with Gasteiger partial charge in [0.2, 0.25) is 5.91 Å². The van der Waals surface area contributed by atoms with Gasteiger partial charge in [-0.3, -0.25) is 24.5 Å². The molecule has 2 aliphatic rings. The molecule has 0 aliphatic carbocycles. The highest BCUT2D eigenvalue weighted by atomic mass is 79.9. The third-order valence-electron chi connectivity index (χ3n) is 6.01. The molecule has 2 fully saturated rings. The Morgan fingerprint density at radius 3 is 2.46 bits per heavy atom. The summed E-state index contributed by atoms with van der Waals surface area (Å²) in [6.07, 6.45) is -1.19. The molecule has 0 unspecified atom stereocenters. The van der Waals surface area contributed by atoms with Gasteiger partial charge >= 0.3 is 0 Å². The van der Waals surface area contributed by atoms with Crippen LogP contribution in [0.15, 0.2) is 71.2 Å². The van der Waals surface area contributed by atoms with E-state index < -0.39 is 40.6 Å². The number of carbonyl (C=O) groups is 2. The number of nitro benzene ring substituents is 1. The number of amides is 2. The summed E-state index contributed by atoms with van der Waals surface area (Å²) in [5.74, 6) is -2.20. The molecule has 0 N–H and O–H groups in total. The monoisotopic (exact) mass is 541 g/mol. The molecule has 0 radical (unpaired) electrons. The number of nitrogens with zero attached hydrogens (tertiary/aromatic N) is 3. The van der Waals surface area contributed by atoms with Crippen molar-refractivity contribution in [3.63, 3.8) is 0 Å². The van der Waals surface area contributed by atoms with Crippen molar-refractivity contribution >= 4 is 44.8 Å². The summed E-state index contributed by atoms with van der Waals surface area (Å²) >= 11 is 3.43. The van der Waals surface area contributed by atoms with Crippen molar-refractivity contribution in [2.75, 3.05) is 17.1 Å². The zero-order chi connectivity index (χ0) is 24.9. The Kier molecular flexibility index (Phi) is 5.73. The fraction of sp³-hybridized carbons (Fsp3) is 0.167. The van der Waals surface area contributed by atoms with E-state index in [-0.39, 0.29) is 11.4 Å². The Hall–Kier alpha value is -3.83. The Bertz CT molecular complexity index is 1350. The lowest BCUT2D eigenvalue weighted by atomic mass is 9.90. The Morgan fingerprint density at radius 2 is 1.77 bits per heavy atom. The zero-order valence-electron chi connectivity index (χ0n) is 18.1. The molecule has 9 nitrogen and oxygen atoms in total. The first-order valence-corrected chi connectivity index (χ1v) is 11.3. The number of non-ortho nitro benzene ring substituents is 1. The highest BCUT2D eigenvalue weighted by Gasteiger charge is 2.60.